The second kappa shape index (κ2) is 10.1. The number of rotatable bonds is 9. The lowest BCUT2D eigenvalue weighted by atomic mass is 10.1. The van der Waals surface area contributed by atoms with Crippen LogP contribution in [0, 0.1) is 6.92 Å². The molecular formula is C21H23ClF2N6O2. The van der Waals surface area contributed by atoms with Gasteiger partial charge in [0.25, 0.3) is 6.43 Å². The summed E-state index contributed by atoms with van der Waals surface area (Å²) in [6.45, 7) is 6.13. The first-order valence-corrected chi connectivity index (χ1v) is 10.4. The van der Waals surface area contributed by atoms with Gasteiger partial charge in [-0.3, -0.25) is 4.98 Å². The van der Waals surface area contributed by atoms with Gasteiger partial charge in [0.2, 0.25) is 11.1 Å². The number of hydrogen-bond acceptors (Lipinski definition) is 6. The van der Waals surface area contributed by atoms with E-state index in [4.69, 9.17) is 11.6 Å². The molecule has 0 saturated heterocycles. The van der Waals surface area contributed by atoms with Crippen LogP contribution < -0.4 is 5.32 Å². The average Bonchev–Trinajstić information content (AvgIpc) is 3.12. The number of hydrogen-bond donors (Lipinski definition) is 2. The van der Waals surface area contributed by atoms with E-state index in [1.54, 1.807) is 23.8 Å². The van der Waals surface area contributed by atoms with Crippen molar-refractivity contribution in [1.82, 2.24) is 29.8 Å². The molecule has 0 aliphatic carbocycles. The molecule has 1 unspecified atom stereocenters. The Bertz CT molecular complexity index is 1120. The Morgan fingerprint density at radius 2 is 2.00 bits per heavy atom. The molecular weight excluding hydrogens is 442 g/mol. The summed E-state index contributed by atoms with van der Waals surface area (Å²) in [7, 11) is 0. The fraction of sp³-hybridized carbons (Fsp3) is 0.381. The monoisotopic (exact) mass is 464 g/mol. The molecule has 3 heterocycles. The highest BCUT2D eigenvalue weighted by atomic mass is 35.5. The van der Waals surface area contributed by atoms with Crippen LogP contribution in [0.4, 0.5) is 8.78 Å². The van der Waals surface area contributed by atoms with Crippen molar-refractivity contribution in [2.24, 2.45) is 0 Å². The zero-order valence-electron chi connectivity index (χ0n) is 17.8. The third kappa shape index (κ3) is 5.25. The van der Waals surface area contributed by atoms with E-state index in [0.29, 0.717) is 35.7 Å². The molecule has 1 atom stereocenters. The van der Waals surface area contributed by atoms with Gasteiger partial charge in [-0.05, 0) is 49.6 Å². The lowest BCUT2D eigenvalue weighted by molar-refractivity contribution is 0.0677. The van der Waals surface area contributed by atoms with Crippen LogP contribution in [0.2, 0.25) is 5.28 Å². The summed E-state index contributed by atoms with van der Waals surface area (Å²) in [6, 6.07) is 4.26. The molecule has 0 saturated carbocycles. The lowest BCUT2D eigenvalue weighted by Crippen LogP contribution is -2.32. The number of alkyl halides is 2. The van der Waals surface area contributed by atoms with Crippen molar-refractivity contribution < 1.29 is 18.7 Å². The maximum atomic E-state index is 12.9. The Morgan fingerprint density at radius 1 is 1.25 bits per heavy atom. The topological polar surface area (TPSA) is 106 Å². The molecule has 170 valence electrons. The Labute approximate surface area is 188 Å². The van der Waals surface area contributed by atoms with E-state index in [2.05, 4.69) is 25.3 Å². The van der Waals surface area contributed by atoms with Gasteiger partial charge >= 0.3 is 5.97 Å². The highest BCUT2D eigenvalue weighted by Gasteiger charge is 2.24. The number of carboxylic acid groups (broad SMARTS) is 1. The number of aromatic carboxylic acids is 1. The molecule has 0 spiro atoms. The van der Waals surface area contributed by atoms with Crippen LogP contribution in [0.15, 0.2) is 24.4 Å². The van der Waals surface area contributed by atoms with E-state index in [1.807, 2.05) is 13.8 Å². The highest BCUT2D eigenvalue weighted by Crippen LogP contribution is 2.27. The van der Waals surface area contributed by atoms with E-state index >= 15 is 0 Å². The Morgan fingerprint density at radius 3 is 2.66 bits per heavy atom. The normalized spacial score (nSPS) is 12.3. The molecule has 0 amide bonds. The molecule has 2 N–H and O–H groups in total. The van der Waals surface area contributed by atoms with Crippen LogP contribution in [0.5, 0.6) is 0 Å². The van der Waals surface area contributed by atoms with E-state index in [9.17, 15) is 18.7 Å². The van der Waals surface area contributed by atoms with Crippen LogP contribution >= 0.6 is 11.6 Å². The number of carboxylic acids is 1. The lowest BCUT2D eigenvalue weighted by Gasteiger charge is -2.18. The summed E-state index contributed by atoms with van der Waals surface area (Å²) < 4.78 is 27.4. The van der Waals surface area contributed by atoms with Crippen molar-refractivity contribution in [2.45, 2.75) is 52.7 Å². The first kappa shape index (κ1) is 23.7. The summed E-state index contributed by atoms with van der Waals surface area (Å²) in [6.07, 6.45) is -0.559. The molecule has 8 nitrogen and oxygen atoms in total. The standard InChI is InChI=1S/C21H23ClF2N6O2/c1-4-15-17(16-11(2)8-26-21(22)29-16)28-19(20(31)32)30(15)10-12(3)25-9-13-6-5-7-14(27-13)18(23)24/h5-8,12,18,25H,4,9-10H2,1-3H3,(H,31,32). The molecule has 3 rings (SSSR count). The molecule has 0 fully saturated rings. The van der Waals surface area contributed by atoms with Crippen LogP contribution in [-0.2, 0) is 19.5 Å². The maximum Gasteiger partial charge on any atom is 0.372 e. The molecule has 0 bridgehead atoms. The second-order valence-corrected chi connectivity index (χ2v) is 7.65. The van der Waals surface area contributed by atoms with E-state index in [-0.39, 0.29) is 29.4 Å². The van der Waals surface area contributed by atoms with Crippen molar-refractivity contribution in [2.75, 3.05) is 0 Å². The Balaban J connectivity index is 1.87. The van der Waals surface area contributed by atoms with Crippen LogP contribution in [-0.4, -0.2) is 41.6 Å². The van der Waals surface area contributed by atoms with Gasteiger partial charge in [-0.15, -0.1) is 0 Å². The van der Waals surface area contributed by atoms with E-state index < -0.39 is 12.4 Å². The average molecular weight is 465 g/mol. The minimum absolute atomic E-state index is 0.0487. The Hall–Kier alpha value is -2.98. The third-order valence-corrected chi connectivity index (χ3v) is 5.09. The van der Waals surface area contributed by atoms with Gasteiger partial charge in [-0.2, -0.15) is 0 Å². The summed E-state index contributed by atoms with van der Waals surface area (Å²) in [5.41, 5.74) is 2.55. The summed E-state index contributed by atoms with van der Waals surface area (Å²) >= 11 is 5.95. The van der Waals surface area contributed by atoms with Crippen molar-refractivity contribution >= 4 is 17.6 Å². The predicted molar refractivity (Wildman–Crippen MR) is 115 cm³/mol. The largest absolute Gasteiger partial charge is 0.475 e. The van der Waals surface area contributed by atoms with Gasteiger partial charge < -0.3 is 15.0 Å². The molecule has 11 heteroatoms. The summed E-state index contributed by atoms with van der Waals surface area (Å²) in [5, 5.41) is 13.0. The second-order valence-electron chi connectivity index (χ2n) is 7.31. The summed E-state index contributed by atoms with van der Waals surface area (Å²) in [5.74, 6) is -1.28. The molecule has 32 heavy (non-hydrogen) atoms. The number of halogens is 3. The van der Waals surface area contributed by atoms with E-state index in [1.165, 1.54) is 12.1 Å². The minimum atomic E-state index is -2.64. The van der Waals surface area contributed by atoms with Crippen molar-refractivity contribution in [3.63, 3.8) is 0 Å². The summed E-state index contributed by atoms with van der Waals surface area (Å²) in [4.78, 5) is 28.4. The molecule has 0 aromatic carbocycles. The number of pyridine rings is 1. The molecule has 0 aliphatic heterocycles. The molecule has 0 aliphatic rings. The molecule has 3 aromatic heterocycles. The molecule has 3 aromatic rings. The van der Waals surface area contributed by atoms with Crippen LogP contribution in [0.1, 0.15) is 53.5 Å². The maximum absolute atomic E-state index is 12.9. The number of aryl methyl sites for hydroxylation is 1. The highest BCUT2D eigenvalue weighted by molar-refractivity contribution is 6.28. The molecule has 0 radical (unpaired) electrons. The van der Waals surface area contributed by atoms with Crippen molar-refractivity contribution in [3.05, 3.63) is 58.1 Å². The quantitative estimate of drug-likeness (QED) is 0.460. The first-order chi connectivity index (χ1) is 15.2. The van der Waals surface area contributed by atoms with Gasteiger partial charge in [-0.1, -0.05) is 13.0 Å². The minimum Gasteiger partial charge on any atom is -0.475 e. The number of carbonyl (C=O) groups is 1. The van der Waals surface area contributed by atoms with Gasteiger partial charge in [0, 0.05) is 31.0 Å². The predicted octanol–water partition coefficient (Wildman–Crippen LogP) is 4.07. The van der Waals surface area contributed by atoms with Crippen LogP contribution in [0.25, 0.3) is 11.4 Å². The Kier molecular flexibility index (Phi) is 7.47. The van der Waals surface area contributed by atoms with Crippen molar-refractivity contribution in [3.8, 4) is 11.4 Å². The van der Waals surface area contributed by atoms with Gasteiger partial charge in [0.1, 0.15) is 11.4 Å². The SMILES string of the molecule is CCc1c(-c2nc(Cl)ncc2C)nc(C(=O)O)n1CC(C)NCc1cccc(C(F)F)n1. The fourth-order valence-electron chi connectivity index (χ4n) is 3.39. The van der Waals surface area contributed by atoms with Gasteiger partial charge in [0.15, 0.2) is 0 Å². The van der Waals surface area contributed by atoms with E-state index in [0.717, 1.165) is 5.56 Å². The zero-order chi connectivity index (χ0) is 23.4. The van der Waals surface area contributed by atoms with Gasteiger partial charge in [-0.25, -0.2) is 28.5 Å². The number of nitrogens with zero attached hydrogens (tertiary/aromatic N) is 5. The third-order valence-electron chi connectivity index (χ3n) is 4.91. The van der Waals surface area contributed by atoms with Gasteiger partial charge in [0.05, 0.1) is 11.4 Å². The van der Waals surface area contributed by atoms with Crippen molar-refractivity contribution in [1.29, 1.82) is 0 Å². The fourth-order valence-corrected chi connectivity index (χ4v) is 3.52. The number of nitrogens with one attached hydrogen (secondary N) is 1. The smallest absolute Gasteiger partial charge is 0.372 e. The number of imidazole rings is 1. The number of aromatic nitrogens is 5. The first-order valence-electron chi connectivity index (χ1n) is 10.0. The zero-order valence-corrected chi connectivity index (χ0v) is 18.6. The van der Waals surface area contributed by atoms with Crippen LogP contribution in [0.3, 0.4) is 0 Å².